The molecule has 3 rings (SSSR count). The van der Waals surface area contributed by atoms with Crippen LogP contribution in [0.3, 0.4) is 0 Å². The average Bonchev–Trinajstić information content (AvgIpc) is 3.01. The fourth-order valence-electron chi connectivity index (χ4n) is 1.80. The molecular weight excluding hydrogens is 272 g/mol. The van der Waals surface area contributed by atoms with Gasteiger partial charge in [-0.3, -0.25) is 4.79 Å². The highest BCUT2D eigenvalue weighted by atomic mass is 32.2. The number of amidine groups is 1. The Morgan fingerprint density at radius 2 is 2.20 bits per heavy atom. The summed E-state index contributed by atoms with van der Waals surface area (Å²) < 4.78 is 5.20. The summed E-state index contributed by atoms with van der Waals surface area (Å²) in [6, 6.07) is 11.4. The number of carbonyl (C=O) groups excluding carboxylic acids is 1. The van der Waals surface area contributed by atoms with E-state index < -0.39 is 0 Å². The van der Waals surface area contributed by atoms with Crippen LogP contribution in [-0.4, -0.2) is 11.1 Å². The van der Waals surface area contributed by atoms with E-state index in [1.165, 1.54) is 11.8 Å². The van der Waals surface area contributed by atoms with Gasteiger partial charge in [0.2, 0.25) is 0 Å². The molecule has 1 aliphatic heterocycles. The van der Waals surface area contributed by atoms with E-state index >= 15 is 0 Å². The average molecular weight is 284 g/mol. The van der Waals surface area contributed by atoms with Crippen LogP contribution in [0.4, 0.5) is 5.69 Å². The lowest BCUT2D eigenvalue weighted by Gasteiger charge is -1.97. The molecule has 0 bridgehead atoms. The maximum absolute atomic E-state index is 11.8. The van der Waals surface area contributed by atoms with Crippen LogP contribution < -0.4 is 5.32 Å². The van der Waals surface area contributed by atoms with Crippen LogP contribution in [-0.2, 0) is 4.79 Å². The number of thioether (sulfide) groups is 1. The van der Waals surface area contributed by atoms with Crippen molar-refractivity contribution in [3.63, 3.8) is 0 Å². The molecule has 1 amide bonds. The number of rotatable bonds is 2. The van der Waals surface area contributed by atoms with Gasteiger partial charge >= 0.3 is 0 Å². The van der Waals surface area contributed by atoms with Crippen molar-refractivity contribution in [1.82, 2.24) is 5.32 Å². The Labute approximate surface area is 120 Å². The zero-order valence-electron chi connectivity index (χ0n) is 10.8. The topological polar surface area (TPSA) is 54.6 Å². The van der Waals surface area contributed by atoms with Gasteiger partial charge in [0, 0.05) is 6.08 Å². The normalized spacial score (nSPS) is 18.8. The first-order valence-corrected chi connectivity index (χ1v) is 6.92. The summed E-state index contributed by atoms with van der Waals surface area (Å²) in [4.78, 5) is 16.8. The molecule has 2 aromatic rings. The van der Waals surface area contributed by atoms with Crippen molar-refractivity contribution in [1.29, 1.82) is 0 Å². The zero-order chi connectivity index (χ0) is 13.9. The van der Waals surface area contributed by atoms with Gasteiger partial charge in [-0.1, -0.05) is 12.1 Å². The lowest BCUT2D eigenvalue weighted by atomic mass is 10.2. The number of aryl methyl sites for hydroxylation is 1. The second-order valence-electron chi connectivity index (χ2n) is 4.34. The smallest absolute Gasteiger partial charge is 0.264 e. The van der Waals surface area contributed by atoms with Gasteiger partial charge in [0.1, 0.15) is 5.76 Å². The minimum atomic E-state index is -0.155. The maximum atomic E-state index is 11.8. The molecule has 1 aliphatic rings. The summed E-state index contributed by atoms with van der Waals surface area (Å²) in [5.74, 6) is 0.497. The minimum absolute atomic E-state index is 0.155. The summed E-state index contributed by atoms with van der Waals surface area (Å²) in [5.41, 5.74) is 1.96. The van der Waals surface area contributed by atoms with Crippen LogP contribution >= 0.6 is 11.8 Å². The van der Waals surface area contributed by atoms with Crippen molar-refractivity contribution in [2.24, 2.45) is 4.99 Å². The van der Waals surface area contributed by atoms with E-state index in [4.69, 9.17) is 4.42 Å². The van der Waals surface area contributed by atoms with E-state index in [0.717, 1.165) is 11.3 Å². The molecule has 0 radical (unpaired) electrons. The molecule has 1 fully saturated rings. The van der Waals surface area contributed by atoms with Gasteiger partial charge in [0.05, 0.1) is 16.9 Å². The third-order valence-corrected chi connectivity index (χ3v) is 3.61. The van der Waals surface area contributed by atoms with E-state index in [-0.39, 0.29) is 5.91 Å². The Hall–Kier alpha value is -2.27. The first-order chi connectivity index (χ1) is 9.70. The monoisotopic (exact) mass is 284 g/mol. The molecule has 4 nitrogen and oxygen atoms in total. The summed E-state index contributed by atoms with van der Waals surface area (Å²) in [6.07, 6.45) is 3.28. The van der Waals surface area contributed by atoms with Crippen LogP contribution in [0.1, 0.15) is 11.3 Å². The highest BCUT2D eigenvalue weighted by Gasteiger charge is 2.24. The minimum Gasteiger partial charge on any atom is -0.465 e. The fraction of sp³-hybridized carbons (Fsp3) is 0.0667. The quantitative estimate of drug-likeness (QED) is 0.859. The highest BCUT2D eigenvalue weighted by molar-refractivity contribution is 8.18. The van der Waals surface area contributed by atoms with Gasteiger partial charge in [0.15, 0.2) is 5.17 Å². The van der Waals surface area contributed by atoms with E-state index in [2.05, 4.69) is 10.3 Å². The third-order valence-electron chi connectivity index (χ3n) is 2.70. The number of hydrogen-bond acceptors (Lipinski definition) is 4. The van der Waals surface area contributed by atoms with Crippen LogP contribution in [0.5, 0.6) is 0 Å². The molecule has 1 saturated heterocycles. The molecular formula is C15H12N2O2S. The molecule has 0 spiro atoms. The second kappa shape index (κ2) is 5.38. The van der Waals surface area contributed by atoms with Crippen molar-refractivity contribution in [2.45, 2.75) is 6.92 Å². The van der Waals surface area contributed by atoms with Crippen LogP contribution in [0.2, 0.25) is 0 Å². The molecule has 0 saturated carbocycles. The van der Waals surface area contributed by atoms with Crippen molar-refractivity contribution in [3.05, 3.63) is 58.9 Å². The molecule has 5 heteroatoms. The molecule has 0 unspecified atom stereocenters. The summed E-state index contributed by atoms with van der Waals surface area (Å²) in [5, 5.41) is 3.33. The molecule has 0 atom stereocenters. The number of amides is 1. The summed E-state index contributed by atoms with van der Waals surface area (Å²) in [7, 11) is 0. The highest BCUT2D eigenvalue weighted by Crippen LogP contribution is 2.28. The van der Waals surface area contributed by atoms with Gasteiger partial charge in [-0.05, 0) is 48.5 Å². The fourth-order valence-corrected chi connectivity index (χ4v) is 2.62. The van der Waals surface area contributed by atoms with Gasteiger partial charge in [-0.25, -0.2) is 4.99 Å². The molecule has 0 aliphatic carbocycles. The number of nitrogens with one attached hydrogen (secondary N) is 1. The molecule has 1 aromatic heterocycles. The van der Waals surface area contributed by atoms with Crippen molar-refractivity contribution in [2.75, 3.05) is 0 Å². The molecule has 100 valence electrons. The van der Waals surface area contributed by atoms with Crippen molar-refractivity contribution >= 4 is 34.6 Å². The number of furan rings is 1. The Bertz CT molecular complexity index is 702. The van der Waals surface area contributed by atoms with Crippen molar-refractivity contribution < 1.29 is 9.21 Å². The van der Waals surface area contributed by atoms with E-state index in [1.54, 1.807) is 24.5 Å². The summed E-state index contributed by atoms with van der Waals surface area (Å²) in [6.45, 7) is 2.01. The van der Waals surface area contributed by atoms with Gasteiger partial charge < -0.3 is 9.73 Å². The van der Waals surface area contributed by atoms with E-state index in [1.807, 2.05) is 31.2 Å². The zero-order valence-corrected chi connectivity index (χ0v) is 11.6. The number of benzene rings is 1. The molecule has 1 N–H and O–H groups in total. The standard InChI is InChI=1S/C15H12N2O2S/c1-10-4-2-5-11(8-10)16-15-17-14(18)13(20-15)9-12-6-3-7-19-12/h2-9H,1H3,(H,16,17,18)/b13-9+. The predicted octanol–water partition coefficient (Wildman–Crippen LogP) is 3.48. The number of hydrogen-bond donors (Lipinski definition) is 1. The Kier molecular flexibility index (Phi) is 3.43. The lowest BCUT2D eigenvalue weighted by Crippen LogP contribution is -2.19. The number of carbonyl (C=O) groups is 1. The first kappa shape index (κ1) is 12.7. The predicted molar refractivity (Wildman–Crippen MR) is 80.7 cm³/mol. The van der Waals surface area contributed by atoms with Crippen LogP contribution in [0.15, 0.2) is 57.0 Å². The lowest BCUT2D eigenvalue weighted by molar-refractivity contribution is -0.115. The Morgan fingerprint density at radius 1 is 1.30 bits per heavy atom. The number of aliphatic imine (C=N–C) groups is 1. The SMILES string of the molecule is Cc1cccc(N=C2NC(=O)/C(=C\c3ccco3)S2)c1. The maximum Gasteiger partial charge on any atom is 0.264 e. The van der Waals surface area contributed by atoms with Crippen LogP contribution in [0, 0.1) is 6.92 Å². The largest absolute Gasteiger partial charge is 0.465 e. The molecule has 20 heavy (non-hydrogen) atoms. The van der Waals surface area contributed by atoms with Crippen LogP contribution in [0.25, 0.3) is 6.08 Å². The second-order valence-corrected chi connectivity index (χ2v) is 5.37. The Morgan fingerprint density at radius 3 is 2.95 bits per heavy atom. The molecule has 1 aromatic carbocycles. The third kappa shape index (κ3) is 2.83. The van der Waals surface area contributed by atoms with Gasteiger partial charge in [0.25, 0.3) is 5.91 Å². The van der Waals surface area contributed by atoms with Gasteiger partial charge in [-0.15, -0.1) is 0 Å². The summed E-state index contributed by atoms with van der Waals surface area (Å²) >= 11 is 1.31. The molecule has 2 heterocycles. The first-order valence-electron chi connectivity index (χ1n) is 6.10. The van der Waals surface area contributed by atoms with E-state index in [0.29, 0.717) is 15.8 Å². The Balaban J connectivity index is 1.83. The van der Waals surface area contributed by atoms with E-state index in [9.17, 15) is 4.79 Å². The van der Waals surface area contributed by atoms with Gasteiger partial charge in [-0.2, -0.15) is 0 Å². The van der Waals surface area contributed by atoms with Crippen molar-refractivity contribution in [3.8, 4) is 0 Å². The number of nitrogens with zero attached hydrogens (tertiary/aromatic N) is 1.